The molecule has 0 aliphatic rings. The van der Waals surface area contributed by atoms with E-state index in [4.69, 9.17) is 4.74 Å². The van der Waals surface area contributed by atoms with E-state index in [1.54, 1.807) is 6.92 Å². The van der Waals surface area contributed by atoms with Gasteiger partial charge in [-0.3, -0.25) is 0 Å². The second kappa shape index (κ2) is 4.32. The Morgan fingerprint density at radius 1 is 1.39 bits per heavy atom. The summed E-state index contributed by atoms with van der Waals surface area (Å²) in [6.07, 6.45) is 0.670. The van der Waals surface area contributed by atoms with Gasteiger partial charge in [-0.05, 0) is 13.8 Å². The van der Waals surface area contributed by atoms with E-state index < -0.39 is 28.9 Å². The second-order valence-corrected chi connectivity index (χ2v) is 3.58. The van der Waals surface area contributed by atoms with Crippen molar-refractivity contribution in [2.45, 2.75) is 13.8 Å². The maximum Gasteiger partial charge on any atom is 0.342 e. The van der Waals surface area contributed by atoms with Crippen LogP contribution in [0.2, 0.25) is 0 Å². The van der Waals surface area contributed by atoms with Crippen LogP contribution < -0.4 is 0 Å². The lowest BCUT2D eigenvalue weighted by atomic mass is 10.2. The molecule has 0 saturated heterocycles. The molecule has 7 heteroatoms. The molecule has 2 heterocycles. The maximum absolute atomic E-state index is 13.6. The number of hydrogen-bond acceptors (Lipinski definition) is 3. The van der Waals surface area contributed by atoms with E-state index in [0.717, 1.165) is 4.52 Å². The van der Waals surface area contributed by atoms with Crippen molar-refractivity contribution in [2.75, 3.05) is 6.61 Å². The summed E-state index contributed by atoms with van der Waals surface area (Å²) < 4.78 is 45.3. The van der Waals surface area contributed by atoms with Gasteiger partial charge in [0.05, 0.1) is 18.5 Å². The molecule has 2 aromatic heterocycles. The fourth-order valence-corrected chi connectivity index (χ4v) is 1.67. The van der Waals surface area contributed by atoms with Crippen LogP contribution in [-0.2, 0) is 4.74 Å². The summed E-state index contributed by atoms with van der Waals surface area (Å²) in [4.78, 5) is 11.6. The highest BCUT2D eigenvalue weighted by atomic mass is 19.2. The predicted molar refractivity (Wildman–Crippen MR) is 55.8 cm³/mol. The Morgan fingerprint density at radius 2 is 2.06 bits per heavy atom. The van der Waals surface area contributed by atoms with Gasteiger partial charge in [0.1, 0.15) is 11.1 Å². The van der Waals surface area contributed by atoms with Crippen molar-refractivity contribution < 1.29 is 22.7 Å². The van der Waals surface area contributed by atoms with Crippen LogP contribution in [0.15, 0.2) is 6.20 Å². The van der Waals surface area contributed by atoms with Gasteiger partial charge in [0, 0.05) is 0 Å². The average molecular weight is 258 g/mol. The van der Waals surface area contributed by atoms with E-state index >= 15 is 0 Å². The summed E-state index contributed by atoms with van der Waals surface area (Å²) in [5, 5.41) is 3.75. The van der Waals surface area contributed by atoms with Gasteiger partial charge >= 0.3 is 5.97 Å². The molecule has 0 N–H and O–H groups in total. The van der Waals surface area contributed by atoms with Crippen LogP contribution in [0, 0.1) is 24.4 Å². The summed E-state index contributed by atoms with van der Waals surface area (Å²) in [6.45, 7) is 3.09. The SMILES string of the molecule is CCOC(=O)c1c(C)nn2cc(F)c(F)c(F)c12. The highest BCUT2D eigenvalue weighted by molar-refractivity contribution is 5.98. The molecular weight excluding hydrogens is 249 g/mol. The molecule has 0 spiro atoms. The minimum absolute atomic E-state index is 0.0842. The molecule has 18 heavy (non-hydrogen) atoms. The van der Waals surface area contributed by atoms with Crippen LogP contribution in [-0.4, -0.2) is 22.2 Å². The van der Waals surface area contributed by atoms with E-state index in [2.05, 4.69) is 5.10 Å². The number of carbonyl (C=O) groups is 1. The van der Waals surface area contributed by atoms with Gasteiger partial charge in [-0.15, -0.1) is 0 Å². The average Bonchev–Trinajstić information content (AvgIpc) is 2.63. The van der Waals surface area contributed by atoms with E-state index in [0.29, 0.717) is 6.20 Å². The standard InChI is InChI=1S/C11H9F3N2O2/c1-3-18-11(17)7-5(2)15-16-4-6(12)8(13)9(14)10(7)16/h4H,3H2,1-2H3. The van der Waals surface area contributed by atoms with Crippen molar-refractivity contribution in [3.63, 3.8) is 0 Å². The van der Waals surface area contributed by atoms with Gasteiger partial charge in [-0.1, -0.05) is 0 Å². The summed E-state index contributed by atoms with van der Waals surface area (Å²) in [5.41, 5.74) is -0.490. The van der Waals surface area contributed by atoms with Crippen LogP contribution >= 0.6 is 0 Å². The van der Waals surface area contributed by atoms with E-state index in [-0.39, 0.29) is 17.9 Å². The number of nitrogens with zero attached hydrogens (tertiary/aromatic N) is 2. The lowest BCUT2D eigenvalue weighted by Gasteiger charge is -2.02. The van der Waals surface area contributed by atoms with Crippen LogP contribution in [0.3, 0.4) is 0 Å². The van der Waals surface area contributed by atoms with Gasteiger partial charge in [0.2, 0.25) is 0 Å². The summed E-state index contributed by atoms with van der Waals surface area (Å²) >= 11 is 0. The molecule has 0 aliphatic carbocycles. The van der Waals surface area contributed by atoms with Gasteiger partial charge in [-0.25, -0.2) is 22.5 Å². The molecule has 0 radical (unpaired) electrons. The van der Waals surface area contributed by atoms with Crippen molar-refractivity contribution in [3.8, 4) is 0 Å². The molecule has 0 aromatic carbocycles. The summed E-state index contributed by atoms with van der Waals surface area (Å²) in [6, 6.07) is 0. The van der Waals surface area contributed by atoms with Crippen molar-refractivity contribution >= 4 is 11.5 Å². The maximum atomic E-state index is 13.6. The summed E-state index contributed by atoms with van der Waals surface area (Å²) in [5.74, 6) is -5.31. The van der Waals surface area contributed by atoms with E-state index in [1.165, 1.54) is 6.92 Å². The third-order valence-corrected chi connectivity index (χ3v) is 2.41. The molecule has 0 atom stereocenters. The Hall–Kier alpha value is -2.05. The molecule has 0 bridgehead atoms. The Kier molecular flexibility index (Phi) is 2.98. The first-order valence-electron chi connectivity index (χ1n) is 5.17. The zero-order valence-corrected chi connectivity index (χ0v) is 9.63. The van der Waals surface area contributed by atoms with Crippen LogP contribution in [0.4, 0.5) is 13.2 Å². The minimum atomic E-state index is -1.65. The first-order valence-corrected chi connectivity index (χ1v) is 5.17. The van der Waals surface area contributed by atoms with Crippen molar-refractivity contribution in [1.82, 2.24) is 9.61 Å². The van der Waals surface area contributed by atoms with Crippen molar-refractivity contribution in [2.24, 2.45) is 0 Å². The van der Waals surface area contributed by atoms with Gasteiger partial charge in [-0.2, -0.15) is 5.10 Å². The fourth-order valence-electron chi connectivity index (χ4n) is 1.67. The highest BCUT2D eigenvalue weighted by Crippen LogP contribution is 2.23. The Balaban J connectivity index is 2.78. The number of carbonyl (C=O) groups excluding carboxylic acids is 1. The number of esters is 1. The highest BCUT2D eigenvalue weighted by Gasteiger charge is 2.25. The topological polar surface area (TPSA) is 43.6 Å². The number of fused-ring (bicyclic) bond motifs is 1. The molecular formula is C11H9F3N2O2. The molecule has 4 nitrogen and oxygen atoms in total. The number of ether oxygens (including phenoxy) is 1. The number of rotatable bonds is 2. The molecule has 0 unspecified atom stereocenters. The minimum Gasteiger partial charge on any atom is -0.462 e. The first-order chi connectivity index (χ1) is 8.47. The monoisotopic (exact) mass is 258 g/mol. The van der Waals surface area contributed by atoms with Gasteiger partial charge in [0.15, 0.2) is 17.5 Å². The number of hydrogen-bond donors (Lipinski definition) is 0. The predicted octanol–water partition coefficient (Wildman–Crippen LogP) is 2.24. The van der Waals surface area contributed by atoms with E-state index in [9.17, 15) is 18.0 Å². The van der Waals surface area contributed by atoms with Crippen LogP contribution in [0.1, 0.15) is 23.0 Å². The Morgan fingerprint density at radius 3 is 2.67 bits per heavy atom. The molecule has 0 aliphatic heterocycles. The third kappa shape index (κ3) is 1.71. The number of aryl methyl sites for hydroxylation is 1. The number of halogens is 3. The molecule has 2 rings (SSSR count). The third-order valence-electron chi connectivity index (χ3n) is 2.41. The zero-order valence-electron chi connectivity index (χ0n) is 9.63. The molecule has 0 saturated carbocycles. The molecule has 0 amide bonds. The quantitative estimate of drug-likeness (QED) is 0.776. The van der Waals surface area contributed by atoms with Crippen molar-refractivity contribution in [3.05, 3.63) is 34.9 Å². The molecule has 2 aromatic rings. The van der Waals surface area contributed by atoms with Crippen LogP contribution in [0.25, 0.3) is 5.52 Å². The molecule has 0 fully saturated rings. The first kappa shape index (κ1) is 12.4. The van der Waals surface area contributed by atoms with Gasteiger partial charge < -0.3 is 4.74 Å². The lowest BCUT2D eigenvalue weighted by molar-refractivity contribution is 0.0527. The van der Waals surface area contributed by atoms with Crippen molar-refractivity contribution in [1.29, 1.82) is 0 Å². The fraction of sp³-hybridized carbons (Fsp3) is 0.273. The molecule has 96 valence electrons. The van der Waals surface area contributed by atoms with E-state index in [1.807, 2.05) is 0 Å². The lowest BCUT2D eigenvalue weighted by Crippen LogP contribution is -2.07. The zero-order chi connectivity index (χ0) is 13.4. The normalized spacial score (nSPS) is 10.9. The van der Waals surface area contributed by atoms with Crippen LogP contribution in [0.5, 0.6) is 0 Å². The number of pyridine rings is 1. The number of aromatic nitrogens is 2. The Labute approximate surface area is 100.0 Å². The van der Waals surface area contributed by atoms with Gasteiger partial charge in [0.25, 0.3) is 0 Å². The largest absolute Gasteiger partial charge is 0.462 e. The Bertz CT molecular complexity index is 637. The second-order valence-electron chi connectivity index (χ2n) is 3.58. The summed E-state index contributed by atoms with van der Waals surface area (Å²) in [7, 11) is 0. The smallest absolute Gasteiger partial charge is 0.342 e.